The molecular weight excluding hydrogens is 438 g/mol. The van der Waals surface area contributed by atoms with Crippen molar-refractivity contribution in [1.29, 1.82) is 0 Å². The predicted molar refractivity (Wildman–Crippen MR) is 112 cm³/mol. The molecule has 0 aliphatic carbocycles. The number of thioether (sulfide) groups is 1. The van der Waals surface area contributed by atoms with E-state index in [2.05, 4.69) is 20.3 Å². The Labute approximate surface area is 181 Å². The zero-order chi connectivity index (χ0) is 22.3. The van der Waals surface area contributed by atoms with Crippen LogP contribution in [-0.2, 0) is 19.1 Å². The summed E-state index contributed by atoms with van der Waals surface area (Å²) in [7, 11) is 1.25. The second kappa shape index (κ2) is 10.8. The third-order valence-corrected chi connectivity index (χ3v) is 5.00. The maximum Gasteiger partial charge on any atom is 0.346 e. The molecule has 1 fully saturated rings. The second-order valence-corrected chi connectivity index (χ2v) is 7.49. The molecule has 2 atom stereocenters. The number of esters is 1. The van der Waals surface area contributed by atoms with E-state index in [0.717, 1.165) is 11.8 Å². The van der Waals surface area contributed by atoms with Gasteiger partial charge < -0.3 is 24.6 Å². The summed E-state index contributed by atoms with van der Waals surface area (Å²) >= 11 is 7.27. The molecule has 1 aromatic rings. The minimum atomic E-state index is -1.07. The number of benzene rings is 1. The van der Waals surface area contributed by atoms with Crippen molar-refractivity contribution in [3.63, 3.8) is 0 Å². The van der Waals surface area contributed by atoms with Crippen molar-refractivity contribution in [3.05, 3.63) is 22.7 Å². The summed E-state index contributed by atoms with van der Waals surface area (Å²) in [5, 5.41) is 18.7. The smallest absolute Gasteiger partial charge is 0.346 e. The van der Waals surface area contributed by atoms with Gasteiger partial charge in [-0.1, -0.05) is 23.4 Å². The quantitative estimate of drug-likeness (QED) is 0.327. The van der Waals surface area contributed by atoms with Gasteiger partial charge in [0.2, 0.25) is 5.91 Å². The van der Waals surface area contributed by atoms with Gasteiger partial charge in [-0.15, -0.1) is 5.10 Å². The number of hydrogen-bond acceptors (Lipinski definition) is 9. The van der Waals surface area contributed by atoms with Crippen LogP contribution in [0.2, 0.25) is 5.02 Å². The van der Waals surface area contributed by atoms with Crippen molar-refractivity contribution in [2.45, 2.75) is 31.6 Å². The van der Waals surface area contributed by atoms with E-state index in [-0.39, 0.29) is 22.4 Å². The Hall–Kier alpha value is -2.79. The molecule has 0 bridgehead atoms. The van der Waals surface area contributed by atoms with Gasteiger partial charge >= 0.3 is 11.9 Å². The average molecular weight is 458 g/mol. The first-order valence-corrected chi connectivity index (χ1v) is 10.0. The van der Waals surface area contributed by atoms with Gasteiger partial charge in [-0.05, 0) is 26.0 Å². The highest BCUT2D eigenvalue weighted by Gasteiger charge is 2.32. The van der Waals surface area contributed by atoms with Crippen molar-refractivity contribution >= 4 is 52.6 Å². The lowest BCUT2D eigenvalue weighted by Gasteiger charge is -2.17. The fourth-order valence-electron chi connectivity index (χ4n) is 2.32. The number of halogens is 1. The first-order valence-electron chi connectivity index (χ1n) is 8.76. The molecule has 0 saturated carbocycles. The Bertz CT molecular complexity index is 891. The van der Waals surface area contributed by atoms with E-state index < -0.39 is 29.2 Å². The molecule has 2 rings (SSSR count). The van der Waals surface area contributed by atoms with Crippen LogP contribution in [0.1, 0.15) is 25.8 Å². The fraction of sp³-hybridized carbons (Fsp3) is 0.389. The van der Waals surface area contributed by atoms with Gasteiger partial charge in [0.1, 0.15) is 5.25 Å². The number of nitrogens with one attached hydrogen (secondary N) is 1. The van der Waals surface area contributed by atoms with E-state index in [9.17, 15) is 14.4 Å². The Morgan fingerprint density at radius 3 is 2.80 bits per heavy atom. The van der Waals surface area contributed by atoms with Gasteiger partial charge in [0, 0.05) is 5.56 Å². The predicted octanol–water partition coefficient (Wildman–Crippen LogP) is 2.08. The van der Waals surface area contributed by atoms with Crippen LogP contribution in [0.3, 0.4) is 0 Å². The van der Waals surface area contributed by atoms with Crippen LogP contribution in [-0.4, -0.2) is 59.4 Å². The first kappa shape index (κ1) is 23.5. The lowest BCUT2D eigenvalue weighted by molar-refractivity contribution is -0.148. The van der Waals surface area contributed by atoms with Gasteiger partial charge in [0.25, 0.3) is 0 Å². The summed E-state index contributed by atoms with van der Waals surface area (Å²) in [5.74, 6) is -1.57. The monoisotopic (exact) mass is 457 g/mol. The molecule has 1 aliphatic heterocycles. The molecule has 1 aromatic carbocycles. The largest absolute Gasteiger partial charge is 0.490 e. The molecule has 162 valence electrons. The lowest BCUT2D eigenvalue weighted by Crippen LogP contribution is -2.26. The lowest BCUT2D eigenvalue weighted by atomic mass is 10.2. The molecule has 0 radical (unpaired) electrons. The third-order valence-electron chi connectivity index (χ3n) is 3.65. The number of rotatable bonds is 9. The van der Waals surface area contributed by atoms with Crippen LogP contribution in [0.25, 0.3) is 0 Å². The molecule has 1 aliphatic rings. The maximum atomic E-state index is 11.7. The molecule has 2 N–H and O–H groups in total. The van der Waals surface area contributed by atoms with Crippen LogP contribution in [0.5, 0.6) is 11.5 Å². The number of amidine groups is 1. The van der Waals surface area contributed by atoms with Gasteiger partial charge in [-0.2, -0.15) is 5.10 Å². The summed E-state index contributed by atoms with van der Waals surface area (Å²) < 4.78 is 15.8. The number of ether oxygens (including phenoxy) is 3. The van der Waals surface area contributed by atoms with Crippen LogP contribution in [0.15, 0.2) is 22.3 Å². The van der Waals surface area contributed by atoms with Crippen LogP contribution in [0, 0.1) is 0 Å². The van der Waals surface area contributed by atoms with Crippen LogP contribution < -0.4 is 14.8 Å². The Morgan fingerprint density at radius 1 is 1.43 bits per heavy atom. The zero-order valence-corrected chi connectivity index (χ0v) is 18.0. The Balaban J connectivity index is 2.17. The SMILES string of the molecule is CCOc1cc(C=NN=C2NC(=O)C(CC(=O)O)S2)cc(Cl)c1OC(C)C(=O)OC. The van der Waals surface area contributed by atoms with Gasteiger partial charge in [-0.3, -0.25) is 9.59 Å². The van der Waals surface area contributed by atoms with E-state index in [1.54, 1.807) is 19.1 Å². The third kappa shape index (κ3) is 6.36. The van der Waals surface area contributed by atoms with Crippen molar-refractivity contribution in [2.75, 3.05) is 13.7 Å². The van der Waals surface area contributed by atoms with Crippen molar-refractivity contribution in [1.82, 2.24) is 5.32 Å². The molecule has 0 aromatic heterocycles. The summed E-state index contributed by atoms with van der Waals surface area (Å²) in [6, 6.07) is 3.15. The highest BCUT2D eigenvalue weighted by Crippen LogP contribution is 2.37. The molecular formula is C18H20ClN3O7S. The number of carbonyl (C=O) groups is 3. The standard InChI is InChI=1S/C18H20ClN3O7S/c1-4-28-12-6-10(5-11(19)15(12)29-9(2)17(26)27-3)8-20-22-18-21-16(25)13(30-18)7-14(23)24/h5-6,8-9,13H,4,7H2,1-3H3,(H,23,24)(H,21,22,25). The van der Waals surface area contributed by atoms with Crippen molar-refractivity contribution in [3.8, 4) is 11.5 Å². The van der Waals surface area contributed by atoms with Gasteiger partial charge in [-0.25, -0.2) is 4.79 Å². The minimum absolute atomic E-state index is 0.190. The number of aliphatic carboxylic acids is 1. The summed E-state index contributed by atoms with van der Waals surface area (Å²) in [6.45, 7) is 3.63. The highest BCUT2D eigenvalue weighted by atomic mass is 35.5. The molecule has 1 saturated heterocycles. The zero-order valence-electron chi connectivity index (χ0n) is 16.4. The highest BCUT2D eigenvalue weighted by molar-refractivity contribution is 8.15. The maximum absolute atomic E-state index is 11.7. The van der Waals surface area contributed by atoms with Crippen LogP contribution in [0.4, 0.5) is 0 Å². The molecule has 1 heterocycles. The number of methoxy groups -OCH3 is 1. The Morgan fingerprint density at radius 2 is 2.17 bits per heavy atom. The van der Waals surface area contributed by atoms with E-state index in [0.29, 0.717) is 17.9 Å². The topological polar surface area (TPSA) is 136 Å². The first-order chi connectivity index (χ1) is 14.2. The number of hydrogen-bond donors (Lipinski definition) is 2. The van der Waals surface area contributed by atoms with Crippen LogP contribution >= 0.6 is 23.4 Å². The Kier molecular flexibility index (Phi) is 8.48. The molecule has 2 unspecified atom stereocenters. The molecule has 1 amide bonds. The number of amides is 1. The molecule has 12 heteroatoms. The molecule has 0 spiro atoms. The van der Waals surface area contributed by atoms with Crippen molar-refractivity contribution < 1.29 is 33.7 Å². The van der Waals surface area contributed by atoms with E-state index in [1.165, 1.54) is 20.2 Å². The summed E-state index contributed by atoms with van der Waals surface area (Å²) in [5.41, 5.74) is 0.530. The van der Waals surface area contributed by atoms with E-state index in [4.69, 9.17) is 26.2 Å². The number of nitrogens with zero attached hydrogens (tertiary/aromatic N) is 2. The second-order valence-electron chi connectivity index (χ2n) is 5.89. The summed E-state index contributed by atoms with van der Waals surface area (Å²) in [6.07, 6.45) is 0.184. The number of carbonyl (C=O) groups excluding carboxylic acids is 2. The van der Waals surface area contributed by atoms with Gasteiger partial charge in [0.05, 0.1) is 31.4 Å². The number of carboxylic acids is 1. The molecule has 10 nitrogen and oxygen atoms in total. The average Bonchev–Trinajstić information content (AvgIpc) is 3.02. The number of carboxylic acid groups (broad SMARTS) is 1. The van der Waals surface area contributed by atoms with Crippen molar-refractivity contribution in [2.24, 2.45) is 10.2 Å². The minimum Gasteiger partial charge on any atom is -0.490 e. The molecule has 30 heavy (non-hydrogen) atoms. The van der Waals surface area contributed by atoms with Gasteiger partial charge in [0.15, 0.2) is 22.8 Å². The van der Waals surface area contributed by atoms with E-state index in [1.807, 2.05) is 0 Å². The summed E-state index contributed by atoms with van der Waals surface area (Å²) in [4.78, 5) is 34.1. The normalized spacial score (nSPS) is 18.3. The fourth-order valence-corrected chi connectivity index (χ4v) is 3.50. The van der Waals surface area contributed by atoms with E-state index >= 15 is 0 Å².